The maximum atomic E-state index is 12.5. The van der Waals surface area contributed by atoms with E-state index in [4.69, 9.17) is 5.26 Å². The van der Waals surface area contributed by atoms with Gasteiger partial charge in [0.25, 0.3) is 5.88 Å². The number of halogens is 4. The van der Waals surface area contributed by atoms with E-state index in [1.54, 1.807) is 6.07 Å². The molecule has 0 radical (unpaired) electrons. The Hall–Kier alpha value is -1.91. The Balaban J connectivity index is 2.72. The van der Waals surface area contributed by atoms with E-state index in [0.717, 1.165) is 6.20 Å². The standard InChI is InChI=1S/C8H5F4N3O/c9-7(10)8(11,12)4-16-6-5(3-13)1-2-14-15-6/h1-2,7H,4H2. The van der Waals surface area contributed by atoms with Crippen LogP contribution in [0, 0.1) is 11.3 Å². The second-order valence-corrected chi connectivity index (χ2v) is 2.71. The van der Waals surface area contributed by atoms with Gasteiger partial charge >= 0.3 is 12.3 Å². The summed E-state index contributed by atoms with van der Waals surface area (Å²) in [5.74, 6) is -4.78. The van der Waals surface area contributed by atoms with Crippen molar-refractivity contribution in [1.82, 2.24) is 10.2 Å². The Labute approximate surface area is 87.5 Å². The summed E-state index contributed by atoms with van der Waals surface area (Å²) >= 11 is 0. The summed E-state index contributed by atoms with van der Waals surface area (Å²) in [5.41, 5.74) is -0.153. The Kier molecular flexibility index (Phi) is 3.60. The topological polar surface area (TPSA) is 58.8 Å². The van der Waals surface area contributed by atoms with Crippen LogP contribution in [0.25, 0.3) is 0 Å². The number of aromatic nitrogens is 2. The molecule has 86 valence electrons. The van der Waals surface area contributed by atoms with Crippen LogP contribution in [-0.4, -0.2) is 29.2 Å². The second-order valence-electron chi connectivity index (χ2n) is 2.71. The number of nitriles is 1. The first kappa shape index (κ1) is 12.2. The molecule has 1 rings (SSSR count). The van der Waals surface area contributed by atoms with Crippen LogP contribution in [0.2, 0.25) is 0 Å². The summed E-state index contributed by atoms with van der Waals surface area (Å²) in [6.45, 7) is -1.56. The quantitative estimate of drug-likeness (QED) is 0.744. The lowest BCUT2D eigenvalue weighted by molar-refractivity contribution is -0.148. The van der Waals surface area contributed by atoms with Crippen LogP contribution >= 0.6 is 0 Å². The maximum absolute atomic E-state index is 12.5. The zero-order valence-electron chi connectivity index (χ0n) is 7.70. The Morgan fingerprint density at radius 1 is 1.50 bits per heavy atom. The zero-order chi connectivity index (χ0) is 12.2. The molecule has 0 bridgehead atoms. The Bertz CT molecular complexity index is 405. The molecule has 8 heteroatoms. The van der Waals surface area contributed by atoms with Gasteiger partial charge in [-0.25, -0.2) is 8.78 Å². The third-order valence-corrected chi connectivity index (χ3v) is 1.53. The van der Waals surface area contributed by atoms with Crippen molar-refractivity contribution >= 4 is 0 Å². The van der Waals surface area contributed by atoms with Gasteiger partial charge in [0.15, 0.2) is 6.61 Å². The van der Waals surface area contributed by atoms with E-state index in [1.165, 1.54) is 6.07 Å². The van der Waals surface area contributed by atoms with Gasteiger partial charge in [0.05, 0.1) is 6.20 Å². The number of ether oxygens (including phenoxy) is 1. The third-order valence-electron chi connectivity index (χ3n) is 1.53. The molecule has 0 aromatic carbocycles. The molecule has 0 saturated carbocycles. The Morgan fingerprint density at radius 2 is 2.19 bits per heavy atom. The monoisotopic (exact) mass is 235 g/mol. The molecule has 1 aromatic heterocycles. The predicted octanol–water partition coefficient (Wildman–Crippen LogP) is 1.63. The Morgan fingerprint density at radius 3 is 2.75 bits per heavy atom. The van der Waals surface area contributed by atoms with Crippen LogP contribution in [0.15, 0.2) is 12.3 Å². The summed E-state index contributed by atoms with van der Waals surface area (Å²) in [6, 6.07) is 2.77. The van der Waals surface area contributed by atoms with E-state index in [1.807, 2.05) is 0 Å². The molecule has 0 amide bonds. The van der Waals surface area contributed by atoms with Crippen molar-refractivity contribution in [2.75, 3.05) is 6.61 Å². The fraction of sp³-hybridized carbons (Fsp3) is 0.375. The number of hydrogen-bond acceptors (Lipinski definition) is 4. The molecular formula is C8H5F4N3O. The molecule has 0 spiro atoms. The number of alkyl halides is 4. The molecular weight excluding hydrogens is 230 g/mol. The van der Waals surface area contributed by atoms with Gasteiger partial charge in [0.1, 0.15) is 11.6 Å². The van der Waals surface area contributed by atoms with Crippen LogP contribution in [0.3, 0.4) is 0 Å². The van der Waals surface area contributed by atoms with Gasteiger partial charge in [-0.3, -0.25) is 0 Å². The van der Waals surface area contributed by atoms with Gasteiger partial charge < -0.3 is 4.74 Å². The minimum Gasteiger partial charge on any atom is -0.469 e. The van der Waals surface area contributed by atoms with Gasteiger partial charge in [-0.05, 0) is 6.07 Å². The second kappa shape index (κ2) is 4.74. The lowest BCUT2D eigenvalue weighted by Crippen LogP contribution is -2.34. The summed E-state index contributed by atoms with van der Waals surface area (Å²) in [4.78, 5) is 0. The zero-order valence-corrected chi connectivity index (χ0v) is 7.70. The molecule has 0 unspecified atom stereocenters. The van der Waals surface area contributed by atoms with Gasteiger partial charge in [0.2, 0.25) is 0 Å². The van der Waals surface area contributed by atoms with Crippen molar-refractivity contribution < 1.29 is 22.3 Å². The lowest BCUT2D eigenvalue weighted by atomic mass is 10.3. The average molecular weight is 235 g/mol. The third kappa shape index (κ3) is 2.79. The highest BCUT2D eigenvalue weighted by Crippen LogP contribution is 2.24. The molecule has 0 N–H and O–H groups in total. The van der Waals surface area contributed by atoms with E-state index in [0.29, 0.717) is 0 Å². The lowest BCUT2D eigenvalue weighted by Gasteiger charge is -2.15. The van der Waals surface area contributed by atoms with Gasteiger partial charge in [-0.15, -0.1) is 5.10 Å². The van der Waals surface area contributed by atoms with E-state index in [9.17, 15) is 17.6 Å². The van der Waals surface area contributed by atoms with Crippen LogP contribution in [0.1, 0.15) is 5.56 Å². The summed E-state index contributed by atoms with van der Waals surface area (Å²) in [7, 11) is 0. The fourth-order valence-electron chi connectivity index (χ4n) is 0.738. The molecule has 0 saturated heterocycles. The van der Waals surface area contributed by atoms with Crippen molar-refractivity contribution in [2.24, 2.45) is 0 Å². The van der Waals surface area contributed by atoms with E-state index in [-0.39, 0.29) is 5.56 Å². The van der Waals surface area contributed by atoms with Crippen molar-refractivity contribution in [3.05, 3.63) is 17.8 Å². The van der Waals surface area contributed by atoms with Crippen LogP contribution in [-0.2, 0) is 0 Å². The van der Waals surface area contributed by atoms with Crippen molar-refractivity contribution in [3.8, 4) is 11.9 Å². The van der Waals surface area contributed by atoms with Crippen molar-refractivity contribution in [3.63, 3.8) is 0 Å². The minimum absolute atomic E-state index is 0.153. The fourth-order valence-corrected chi connectivity index (χ4v) is 0.738. The first-order valence-corrected chi connectivity index (χ1v) is 3.98. The highest BCUT2D eigenvalue weighted by atomic mass is 19.3. The average Bonchev–Trinajstić information content (AvgIpc) is 2.26. The largest absolute Gasteiger partial charge is 0.469 e. The highest BCUT2D eigenvalue weighted by molar-refractivity contribution is 5.35. The first-order chi connectivity index (χ1) is 7.47. The van der Waals surface area contributed by atoms with E-state index < -0.39 is 24.8 Å². The predicted molar refractivity (Wildman–Crippen MR) is 43.2 cm³/mol. The number of rotatable bonds is 4. The van der Waals surface area contributed by atoms with Crippen LogP contribution < -0.4 is 4.74 Å². The number of nitrogens with zero attached hydrogens (tertiary/aromatic N) is 3. The molecule has 4 nitrogen and oxygen atoms in total. The summed E-state index contributed by atoms with van der Waals surface area (Å²) in [6.07, 6.45) is -2.69. The van der Waals surface area contributed by atoms with E-state index >= 15 is 0 Å². The number of hydrogen-bond donors (Lipinski definition) is 0. The SMILES string of the molecule is N#Cc1ccnnc1OCC(F)(F)C(F)F. The molecule has 0 aliphatic heterocycles. The summed E-state index contributed by atoms with van der Waals surface area (Å²) < 4.78 is 52.8. The molecule has 1 aromatic rings. The van der Waals surface area contributed by atoms with Gasteiger partial charge in [-0.2, -0.15) is 19.1 Å². The summed E-state index contributed by atoms with van der Waals surface area (Å²) in [5, 5.41) is 15.0. The maximum Gasteiger partial charge on any atom is 0.340 e. The minimum atomic E-state index is -4.29. The van der Waals surface area contributed by atoms with Crippen LogP contribution in [0.5, 0.6) is 5.88 Å². The normalized spacial score (nSPS) is 11.2. The molecule has 0 aliphatic carbocycles. The smallest absolute Gasteiger partial charge is 0.340 e. The molecule has 0 atom stereocenters. The van der Waals surface area contributed by atoms with Crippen molar-refractivity contribution in [1.29, 1.82) is 5.26 Å². The van der Waals surface area contributed by atoms with Gasteiger partial charge in [0, 0.05) is 0 Å². The van der Waals surface area contributed by atoms with Crippen molar-refractivity contribution in [2.45, 2.75) is 12.3 Å². The molecule has 1 heterocycles. The molecule has 0 fully saturated rings. The van der Waals surface area contributed by atoms with Crippen LogP contribution in [0.4, 0.5) is 17.6 Å². The van der Waals surface area contributed by atoms with Gasteiger partial charge in [-0.1, -0.05) is 0 Å². The first-order valence-electron chi connectivity index (χ1n) is 3.98. The molecule has 16 heavy (non-hydrogen) atoms. The van der Waals surface area contributed by atoms with E-state index in [2.05, 4.69) is 14.9 Å². The highest BCUT2D eigenvalue weighted by Gasteiger charge is 2.42. The molecule has 0 aliphatic rings.